The van der Waals surface area contributed by atoms with Gasteiger partial charge in [0.15, 0.2) is 0 Å². The van der Waals surface area contributed by atoms with E-state index in [0.29, 0.717) is 11.6 Å². The van der Waals surface area contributed by atoms with Crippen LogP contribution >= 0.6 is 0 Å². The van der Waals surface area contributed by atoms with Gasteiger partial charge in [-0.2, -0.15) is 0 Å². The molecule has 102 valence electrons. The summed E-state index contributed by atoms with van der Waals surface area (Å²) in [5.41, 5.74) is 5.97. The van der Waals surface area contributed by atoms with Crippen molar-refractivity contribution in [3.05, 3.63) is 18.0 Å². The number of piperazine rings is 1. The molecule has 0 radical (unpaired) electrons. The summed E-state index contributed by atoms with van der Waals surface area (Å²) in [5.74, 6) is 1.64. The van der Waals surface area contributed by atoms with E-state index in [-0.39, 0.29) is 5.84 Å². The average Bonchev–Trinajstić information content (AvgIpc) is 3.24. The highest BCUT2D eigenvalue weighted by molar-refractivity contribution is 5.93. The third-order valence-corrected chi connectivity index (χ3v) is 3.79. The van der Waals surface area contributed by atoms with Crippen LogP contribution in [0, 0.1) is 11.3 Å². The lowest BCUT2D eigenvalue weighted by Gasteiger charge is -2.34. The molecule has 1 saturated heterocycles. The Kier molecular flexibility index (Phi) is 3.33. The van der Waals surface area contributed by atoms with Crippen LogP contribution in [0.5, 0.6) is 0 Å². The Morgan fingerprint density at radius 3 is 2.68 bits per heavy atom. The summed E-state index contributed by atoms with van der Waals surface area (Å²) in [6.07, 6.45) is 4.49. The minimum absolute atomic E-state index is 0.00369. The van der Waals surface area contributed by atoms with Crippen molar-refractivity contribution in [1.82, 2.24) is 14.9 Å². The summed E-state index contributed by atoms with van der Waals surface area (Å²) in [6, 6.07) is 1.68. The number of nitrogen functional groups attached to an aromatic ring is 1. The number of hydrogen-bond donors (Lipinski definition) is 2. The van der Waals surface area contributed by atoms with Crippen molar-refractivity contribution in [2.45, 2.75) is 12.8 Å². The van der Waals surface area contributed by atoms with Gasteiger partial charge >= 0.3 is 0 Å². The zero-order valence-corrected chi connectivity index (χ0v) is 11.0. The van der Waals surface area contributed by atoms with Crippen molar-refractivity contribution in [3.63, 3.8) is 0 Å². The molecule has 1 aromatic rings. The Morgan fingerprint density at radius 2 is 2.05 bits per heavy atom. The molecule has 2 fully saturated rings. The van der Waals surface area contributed by atoms with Gasteiger partial charge in [-0.3, -0.25) is 10.3 Å². The number of hydrogen-bond acceptors (Lipinski definition) is 5. The summed E-state index contributed by atoms with van der Waals surface area (Å²) in [7, 11) is 0. The second kappa shape index (κ2) is 5.13. The van der Waals surface area contributed by atoms with E-state index in [1.807, 2.05) is 0 Å². The van der Waals surface area contributed by atoms with E-state index in [2.05, 4.69) is 19.8 Å². The first-order chi connectivity index (χ1) is 9.22. The van der Waals surface area contributed by atoms with E-state index < -0.39 is 0 Å². The van der Waals surface area contributed by atoms with Crippen LogP contribution in [0.25, 0.3) is 0 Å². The third-order valence-electron chi connectivity index (χ3n) is 3.79. The van der Waals surface area contributed by atoms with E-state index in [4.69, 9.17) is 11.1 Å². The topological polar surface area (TPSA) is 82.1 Å². The molecule has 19 heavy (non-hydrogen) atoms. The maximum atomic E-state index is 7.42. The standard InChI is InChI=1S/C13H20N6/c14-12(15)11-3-4-16-13(17-11)19-7-5-18(6-8-19)9-10-1-2-10/h3-4,10H,1-2,5-9H2,(H3,14,15). The molecule has 1 aliphatic carbocycles. The molecule has 0 unspecified atom stereocenters. The van der Waals surface area contributed by atoms with Crippen molar-refractivity contribution in [2.24, 2.45) is 11.7 Å². The first-order valence-corrected chi connectivity index (χ1v) is 6.87. The lowest BCUT2D eigenvalue weighted by Crippen LogP contribution is -2.47. The molecule has 3 N–H and O–H groups in total. The minimum Gasteiger partial charge on any atom is -0.382 e. The fraction of sp³-hybridized carbons (Fsp3) is 0.615. The minimum atomic E-state index is -0.00369. The van der Waals surface area contributed by atoms with Crippen LogP contribution < -0.4 is 10.6 Å². The molecule has 3 rings (SSSR count). The Bertz CT molecular complexity index is 462. The first kappa shape index (κ1) is 12.3. The van der Waals surface area contributed by atoms with Gasteiger partial charge < -0.3 is 10.6 Å². The zero-order chi connectivity index (χ0) is 13.2. The van der Waals surface area contributed by atoms with Crippen LogP contribution in [-0.4, -0.2) is 53.4 Å². The normalized spacial score (nSPS) is 20.5. The largest absolute Gasteiger partial charge is 0.382 e. The van der Waals surface area contributed by atoms with E-state index in [0.717, 1.165) is 32.1 Å². The van der Waals surface area contributed by atoms with Crippen molar-refractivity contribution in [3.8, 4) is 0 Å². The van der Waals surface area contributed by atoms with Crippen molar-refractivity contribution < 1.29 is 0 Å². The van der Waals surface area contributed by atoms with E-state index in [9.17, 15) is 0 Å². The van der Waals surface area contributed by atoms with Crippen molar-refractivity contribution >= 4 is 11.8 Å². The van der Waals surface area contributed by atoms with Crippen molar-refractivity contribution in [1.29, 1.82) is 5.41 Å². The molecule has 6 heteroatoms. The number of nitrogens with one attached hydrogen (secondary N) is 1. The van der Waals surface area contributed by atoms with E-state index >= 15 is 0 Å². The van der Waals surface area contributed by atoms with Gasteiger partial charge in [0.2, 0.25) is 5.95 Å². The maximum Gasteiger partial charge on any atom is 0.226 e. The smallest absolute Gasteiger partial charge is 0.226 e. The fourth-order valence-corrected chi connectivity index (χ4v) is 2.45. The quantitative estimate of drug-likeness (QED) is 0.601. The number of nitrogens with two attached hydrogens (primary N) is 1. The number of rotatable bonds is 4. The number of amidine groups is 1. The number of anilines is 1. The molecule has 1 aromatic heterocycles. The summed E-state index contributed by atoms with van der Waals surface area (Å²) < 4.78 is 0. The molecule has 2 aliphatic rings. The van der Waals surface area contributed by atoms with Gasteiger partial charge in [0.25, 0.3) is 0 Å². The summed E-state index contributed by atoms with van der Waals surface area (Å²) in [4.78, 5) is 13.3. The lowest BCUT2D eigenvalue weighted by atomic mass is 10.3. The Labute approximate surface area is 113 Å². The van der Waals surface area contributed by atoms with Gasteiger partial charge in [-0.25, -0.2) is 9.97 Å². The Balaban J connectivity index is 1.60. The fourth-order valence-electron chi connectivity index (χ4n) is 2.45. The Hall–Kier alpha value is -1.69. The van der Waals surface area contributed by atoms with Gasteiger partial charge in [0, 0.05) is 38.9 Å². The maximum absolute atomic E-state index is 7.42. The molecule has 1 saturated carbocycles. The first-order valence-electron chi connectivity index (χ1n) is 6.87. The molecule has 0 atom stereocenters. The molecule has 0 bridgehead atoms. The van der Waals surface area contributed by atoms with Crippen LogP contribution in [0.4, 0.5) is 5.95 Å². The molecule has 0 aromatic carbocycles. The molecular formula is C13H20N6. The van der Waals surface area contributed by atoms with Crippen LogP contribution in [0.15, 0.2) is 12.3 Å². The SMILES string of the molecule is N=C(N)c1ccnc(N2CCN(CC3CC3)CC2)n1. The Morgan fingerprint density at radius 1 is 1.32 bits per heavy atom. The highest BCUT2D eigenvalue weighted by atomic mass is 15.3. The third kappa shape index (κ3) is 3.01. The molecule has 0 spiro atoms. The highest BCUT2D eigenvalue weighted by Gasteiger charge is 2.26. The number of nitrogens with zero attached hydrogens (tertiary/aromatic N) is 4. The van der Waals surface area contributed by atoms with Gasteiger partial charge in [-0.1, -0.05) is 0 Å². The van der Waals surface area contributed by atoms with Gasteiger partial charge in [0.05, 0.1) is 0 Å². The van der Waals surface area contributed by atoms with Crippen LogP contribution in [0.3, 0.4) is 0 Å². The zero-order valence-electron chi connectivity index (χ0n) is 11.0. The molecule has 2 heterocycles. The summed E-state index contributed by atoms with van der Waals surface area (Å²) >= 11 is 0. The van der Waals surface area contributed by atoms with Crippen molar-refractivity contribution in [2.75, 3.05) is 37.6 Å². The second-order valence-electron chi connectivity index (χ2n) is 5.39. The average molecular weight is 260 g/mol. The van der Waals surface area contributed by atoms with Crippen LogP contribution in [0.2, 0.25) is 0 Å². The molecular weight excluding hydrogens is 240 g/mol. The van der Waals surface area contributed by atoms with E-state index in [1.54, 1.807) is 12.3 Å². The van der Waals surface area contributed by atoms with Crippen LogP contribution in [-0.2, 0) is 0 Å². The predicted molar refractivity (Wildman–Crippen MR) is 74.4 cm³/mol. The number of aromatic nitrogens is 2. The van der Waals surface area contributed by atoms with E-state index in [1.165, 1.54) is 19.4 Å². The van der Waals surface area contributed by atoms with Gasteiger partial charge in [-0.15, -0.1) is 0 Å². The highest BCUT2D eigenvalue weighted by Crippen LogP contribution is 2.30. The predicted octanol–water partition coefficient (Wildman–Crippen LogP) is 0.293. The molecule has 1 aliphatic heterocycles. The molecule has 0 amide bonds. The monoisotopic (exact) mass is 260 g/mol. The summed E-state index contributed by atoms with van der Waals surface area (Å²) in [5, 5.41) is 7.42. The second-order valence-corrected chi connectivity index (χ2v) is 5.39. The molecule has 6 nitrogen and oxygen atoms in total. The van der Waals surface area contributed by atoms with Gasteiger partial charge in [-0.05, 0) is 24.8 Å². The lowest BCUT2D eigenvalue weighted by molar-refractivity contribution is 0.247. The summed E-state index contributed by atoms with van der Waals surface area (Å²) in [6.45, 7) is 5.30. The van der Waals surface area contributed by atoms with Gasteiger partial charge in [0.1, 0.15) is 11.5 Å². The van der Waals surface area contributed by atoms with Crippen LogP contribution in [0.1, 0.15) is 18.5 Å².